The van der Waals surface area contributed by atoms with E-state index in [2.05, 4.69) is 10.6 Å². The fourth-order valence-corrected chi connectivity index (χ4v) is 3.77. The van der Waals surface area contributed by atoms with Crippen LogP contribution in [0.2, 0.25) is 0 Å². The van der Waals surface area contributed by atoms with E-state index in [1.807, 2.05) is 0 Å². The largest absolute Gasteiger partial charge is 0.356 e. The van der Waals surface area contributed by atoms with Gasteiger partial charge in [-0.3, -0.25) is 24.1 Å². The van der Waals surface area contributed by atoms with Gasteiger partial charge < -0.3 is 10.6 Å². The summed E-state index contributed by atoms with van der Waals surface area (Å²) in [6, 6.07) is 0. The Morgan fingerprint density at radius 2 is 1.69 bits per heavy atom. The lowest BCUT2D eigenvalue weighted by Crippen LogP contribution is -2.30. The van der Waals surface area contributed by atoms with Gasteiger partial charge in [0.1, 0.15) is 5.78 Å². The Morgan fingerprint density at radius 3 is 2.41 bits per heavy atom. The van der Waals surface area contributed by atoms with Crippen LogP contribution in [-0.4, -0.2) is 54.6 Å². The van der Waals surface area contributed by atoms with Crippen LogP contribution in [0.1, 0.15) is 70.6 Å². The van der Waals surface area contributed by atoms with Crippen LogP contribution in [0.25, 0.3) is 0 Å². The van der Waals surface area contributed by atoms with E-state index in [-0.39, 0.29) is 17.7 Å². The maximum atomic E-state index is 11.9. The molecule has 162 valence electrons. The molecule has 0 aromatic carbocycles. The molecule has 2 aliphatic rings. The lowest BCUT2D eigenvalue weighted by Gasteiger charge is -2.13. The molecule has 2 heterocycles. The van der Waals surface area contributed by atoms with Crippen LogP contribution < -0.4 is 10.6 Å². The van der Waals surface area contributed by atoms with E-state index in [1.165, 1.54) is 23.5 Å². The first-order valence-electron chi connectivity index (χ1n) is 11.1. The Hall–Kier alpha value is -2.02. The molecule has 3 amide bonds. The van der Waals surface area contributed by atoms with Crippen LogP contribution in [0.15, 0.2) is 12.2 Å². The molecule has 2 N–H and O–H groups in total. The van der Waals surface area contributed by atoms with Gasteiger partial charge in [0, 0.05) is 44.5 Å². The van der Waals surface area contributed by atoms with Crippen molar-refractivity contribution < 1.29 is 19.2 Å². The van der Waals surface area contributed by atoms with Crippen LogP contribution in [0.3, 0.4) is 0 Å². The minimum absolute atomic E-state index is 0.0428. The lowest BCUT2D eigenvalue weighted by atomic mass is 9.99. The fourth-order valence-electron chi connectivity index (χ4n) is 3.77. The molecule has 7 nitrogen and oxygen atoms in total. The second kappa shape index (κ2) is 13.2. The van der Waals surface area contributed by atoms with Crippen LogP contribution in [0.4, 0.5) is 0 Å². The van der Waals surface area contributed by atoms with E-state index in [1.54, 1.807) is 0 Å². The van der Waals surface area contributed by atoms with Gasteiger partial charge in [-0.25, -0.2) is 0 Å². The second-order valence-corrected chi connectivity index (χ2v) is 8.07. The molecule has 1 saturated heterocycles. The molecule has 0 spiro atoms. The van der Waals surface area contributed by atoms with Crippen molar-refractivity contribution in [1.29, 1.82) is 0 Å². The van der Waals surface area contributed by atoms with E-state index in [4.69, 9.17) is 0 Å². The van der Waals surface area contributed by atoms with Crippen molar-refractivity contribution in [3.63, 3.8) is 0 Å². The van der Waals surface area contributed by atoms with Crippen LogP contribution in [0.5, 0.6) is 0 Å². The summed E-state index contributed by atoms with van der Waals surface area (Å²) in [4.78, 5) is 47.8. The smallest absolute Gasteiger partial charge is 0.253 e. The molecule has 0 saturated carbocycles. The van der Waals surface area contributed by atoms with Crippen LogP contribution in [0, 0.1) is 5.92 Å². The standard InChI is InChI=1S/C22H35N3O4/c26-19(10-9-18-13-15-23-17-18)7-3-1-5-14-24-20(27)8-4-2-6-16-25-21(28)11-12-22(25)29/h11-12,18,23H,1-10,13-17H2,(H,24,27)/t18-/m0/s1. The van der Waals surface area contributed by atoms with Gasteiger partial charge in [0.2, 0.25) is 5.91 Å². The number of rotatable bonds is 15. The maximum absolute atomic E-state index is 11.9. The SMILES string of the molecule is O=C(CCCCCNC(=O)CCCCCN1C(=O)C=CC1=O)CC[C@H]1CCNC1. The number of nitrogens with one attached hydrogen (secondary N) is 2. The number of amides is 3. The highest BCUT2D eigenvalue weighted by Crippen LogP contribution is 2.15. The Labute approximate surface area is 173 Å². The highest BCUT2D eigenvalue weighted by Gasteiger charge is 2.22. The molecule has 0 unspecified atom stereocenters. The number of imide groups is 1. The van der Waals surface area contributed by atoms with Gasteiger partial charge in [0.25, 0.3) is 11.8 Å². The summed E-state index contributed by atoms with van der Waals surface area (Å²) in [5.41, 5.74) is 0. The predicted molar refractivity (Wildman–Crippen MR) is 111 cm³/mol. The van der Waals surface area contributed by atoms with E-state index in [0.717, 1.165) is 58.0 Å². The number of nitrogens with zero attached hydrogens (tertiary/aromatic N) is 1. The molecule has 2 aliphatic heterocycles. The van der Waals surface area contributed by atoms with Crippen molar-refractivity contribution in [3.05, 3.63) is 12.2 Å². The first kappa shape index (κ1) is 23.3. The number of hydrogen-bond acceptors (Lipinski definition) is 5. The molecule has 1 fully saturated rings. The van der Waals surface area contributed by atoms with E-state index < -0.39 is 0 Å². The van der Waals surface area contributed by atoms with E-state index >= 15 is 0 Å². The van der Waals surface area contributed by atoms with Gasteiger partial charge in [0.05, 0.1) is 0 Å². The van der Waals surface area contributed by atoms with Gasteiger partial charge in [-0.15, -0.1) is 0 Å². The molecular formula is C22H35N3O4. The summed E-state index contributed by atoms with van der Waals surface area (Å²) in [6.07, 6.45) is 11.7. The molecule has 0 bridgehead atoms. The maximum Gasteiger partial charge on any atom is 0.253 e. The summed E-state index contributed by atoms with van der Waals surface area (Å²) < 4.78 is 0. The average molecular weight is 406 g/mol. The van der Waals surface area contributed by atoms with Crippen molar-refractivity contribution in [2.24, 2.45) is 5.92 Å². The zero-order chi connectivity index (χ0) is 20.9. The van der Waals surface area contributed by atoms with Gasteiger partial charge >= 0.3 is 0 Å². The predicted octanol–water partition coefficient (Wildman–Crippen LogP) is 2.11. The number of unbranched alkanes of at least 4 members (excludes halogenated alkanes) is 4. The van der Waals surface area contributed by atoms with E-state index in [9.17, 15) is 19.2 Å². The number of ketones is 1. The van der Waals surface area contributed by atoms with Gasteiger partial charge in [-0.1, -0.05) is 12.8 Å². The molecule has 1 atom stereocenters. The number of carbonyl (C=O) groups is 4. The van der Waals surface area contributed by atoms with Crippen molar-refractivity contribution in [1.82, 2.24) is 15.5 Å². The highest BCUT2D eigenvalue weighted by atomic mass is 16.2. The van der Waals surface area contributed by atoms with Crippen LogP contribution in [-0.2, 0) is 19.2 Å². The zero-order valence-corrected chi connectivity index (χ0v) is 17.4. The normalized spacial score (nSPS) is 18.6. The molecular weight excluding hydrogens is 370 g/mol. The second-order valence-electron chi connectivity index (χ2n) is 8.07. The topological polar surface area (TPSA) is 95.6 Å². The lowest BCUT2D eigenvalue weighted by molar-refractivity contribution is -0.137. The van der Waals surface area contributed by atoms with Crippen molar-refractivity contribution in [2.45, 2.75) is 70.6 Å². The Bertz CT molecular complexity index is 579. The highest BCUT2D eigenvalue weighted by molar-refractivity contribution is 6.12. The molecule has 2 rings (SSSR count). The Morgan fingerprint density at radius 1 is 0.966 bits per heavy atom. The van der Waals surface area contributed by atoms with Gasteiger partial charge in [-0.05, 0) is 57.5 Å². The third kappa shape index (κ3) is 9.35. The third-order valence-electron chi connectivity index (χ3n) is 5.63. The van der Waals surface area contributed by atoms with Crippen molar-refractivity contribution in [3.8, 4) is 0 Å². The van der Waals surface area contributed by atoms with Gasteiger partial charge in [-0.2, -0.15) is 0 Å². The summed E-state index contributed by atoms with van der Waals surface area (Å²) >= 11 is 0. The molecule has 0 radical (unpaired) electrons. The zero-order valence-electron chi connectivity index (χ0n) is 17.4. The first-order valence-corrected chi connectivity index (χ1v) is 11.1. The summed E-state index contributed by atoms with van der Waals surface area (Å²) in [6.45, 7) is 3.22. The minimum Gasteiger partial charge on any atom is -0.356 e. The van der Waals surface area contributed by atoms with Crippen molar-refractivity contribution in [2.75, 3.05) is 26.2 Å². The van der Waals surface area contributed by atoms with Crippen LogP contribution >= 0.6 is 0 Å². The van der Waals surface area contributed by atoms with Crippen molar-refractivity contribution >= 4 is 23.5 Å². The number of Topliss-reactive ketones (excluding diaryl/α,β-unsaturated/α-hetero) is 1. The number of hydrogen-bond donors (Lipinski definition) is 2. The first-order chi connectivity index (χ1) is 14.1. The average Bonchev–Trinajstić information content (AvgIpc) is 3.33. The number of carbonyl (C=O) groups excluding carboxylic acids is 4. The summed E-state index contributed by atoms with van der Waals surface area (Å²) in [5.74, 6) is 0.591. The quantitative estimate of drug-likeness (QED) is 0.321. The fraction of sp³-hybridized carbons (Fsp3) is 0.727. The minimum atomic E-state index is -0.249. The summed E-state index contributed by atoms with van der Waals surface area (Å²) in [7, 11) is 0. The Kier molecular flexibility index (Phi) is 10.6. The third-order valence-corrected chi connectivity index (χ3v) is 5.63. The molecule has 29 heavy (non-hydrogen) atoms. The molecule has 0 aromatic heterocycles. The molecule has 0 aromatic rings. The monoisotopic (exact) mass is 405 g/mol. The molecule has 0 aliphatic carbocycles. The molecule has 7 heteroatoms. The van der Waals surface area contributed by atoms with Gasteiger partial charge in [0.15, 0.2) is 0 Å². The Balaban J connectivity index is 1.36. The van der Waals surface area contributed by atoms with E-state index in [0.29, 0.717) is 44.1 Å². The summed E-state index contributed by atoms with van der Waals surface area (Å²) in [5, 5.41) is 6.25.